The number of para-hydroxylation sites is 1. The number of methoxy groups -OCH3 is 2. The predicted octanol–water partition coefficient (Wildman–Crippen LogP) is 3.81. The fraction of sp³-hybridized carbons (Fsp3) is 0.154. The Balaban J connectivity index is 1.86. The van der Waals surface area contributed by atoms with E-state index in [9.17, 15) is 23.1 Å². The molecule has 8 nitrogen and oxygen atoms in total. The first-order valence-corrected chi connectivity index (χ1v) is 12.1. The fourth-order valence-electron chi connectivity index (χ4n) is 4.06. The molecule has 1 atom stereocenters. The van der Waals surface area contributed by atoms with Crippen LogP contribution in [0.4, 0.5) is 0 Å². The van der Waals surface area contributed by atoms with Crippen LogP contribution in [0.5, 0.6) is 5.75 Å². The third-order valence-electron chi connectivity index (χ3n) is 5.78. The molecule has 1 aliphatic rings. The molecule has 1 N–H and O–H groups in total. The van der Waals surface area contributed by atoms with Crippen molar-refractivity contribution in [1.29, 1.82) is 0 Å². The largest absolute Gasteiger partial charge is 0.502 e. The van der Waals surface area contributed by atoms with E-state index in [0.717, 1.165) is 0 Å². The summed E-state index contributed by atoms with van der Waals surface area (Å²) < 4.78 is 37.4. The van der Waals surface area contributed by atoms with Crippen LogP contribution in [0.25, 0.3) is 0 Å². The van der Waals surface area contributed by atoms with Crippen molar-refractivity contribution in [1.82, 2.24) is 4.90 Å². The lowest BCUT2D eigenvalue weighted by Crippen LogP contribution is -2.31. The first-order chi connectivity index (χ1) is 16.8. The molecule has 0 saturated carbocycles. The van der Waals surface area contributed by atoms with E-state index >= 15 is 0 Å². The molecule has 0 spiro atoms. The number of hydrogen-bond acceptors (Lipinski definition) is 7. The number of sulfone groups is 1. The molecule has 1 aliphatic heterocycles. The molecule has 3 aromatic rings. The third-order valence-corrected chi connectivity index (χ3v) is 7.67. The molecule has 9 heteroatoms. The number of carbonyl (C=O) groups excluding carboxylic acids is 2. The second-order valence-electron chi connectivity index (χ2n) is 7.79. The van der Waals surface area contributed by atoms with Gasteiger partial charge in [-0.3, -0.25) is 4.79 Å². The summed E-state index contributed by atoms with van der Waals surface area (Å²) in [5.74, 6) is -1.71. The van der Waals surface area contributed by atoms with E-state index in [-0.39, 0.29) is 17.0 Å². The van der Waals surface area contributed by atoms with E-state index in [1.165, 1.54) is 43.4 Å². The minimum Gasteiger partial charge on any atom is -0.502 e. The monoisotopic (exact) mass is 493 g/mol. The fourth-order valence-corrected chi connectivity index (χ4v) is 5.73. The molecule has 0 bridgehead atoms. The van der Waals surface area contributed by atoms with Crippen molar-refractivity contribution < 1.29 is 32.6 Å². The molecule has 4 rings (SSSR count). The van der Waals surface area contributed by atoms with Crippen LogP contribution < -0.4 is 4.74 Å². The summed E-state index contributed by atoms with van der Waals surface area (Å²) >= 11 is 0. The predicted molar refractivity (Wildman–Crippen MR) is 127 cm³/mol. The first-order valence-electron chi connectivity index (χ1n) is 10.6. The summed E-state index contributed by atoms with van der Waals surface area (Å²) in [7, 11) is -1.50. The van der Waals surface area contributed by atoms with Crippen LogP contribution in [0.3, 0.4) is 0 Å². The average Bonchev–Trinajstić information content (AvgIpc) is 3.14. The summed E-state index contributed by atoms with van der Waals surface area (Å²) in [5.41, 5.74) is 1.29. The summed E-state index contributed by atoms with van der Waals surface area (Å²) in [6.45, 7) is -0.0237. The molecule has 1 amide bonds. The lowest BCUT2D eigenvalue weighted by molar-refractivity contribution is -0.130. The van der Waals surface area contributed by atoms with Gasteiger partial charge in [0.05, 0.1) is 37.3 Å². The Kier molecular flexibility index (Phi) is 6.61. The van der Waals surface area contributed by atoms with Crippen molar-refractivity contribution in [3.8, 4) is 5.75 Å². The van der Waals surface area contributed by atoms with Gasteiger partial charge in [0.2, 0.25) is 9.84 Å². The highest BCUT2D eigenvalue weighted by Gasteiger charge is 2.47. The highest BCUT2D eigenvalue weighted by molar-refractivity contribution is 7.95. The van der Waals surface area contributed by atoms with Gasteiger partial charge in [-0.2, -0.15) is 0 Å². The van der Waals surface area contributed by atoms with Crippen LogP contribution in [-0.4, -0.2) is 44.5 Å². The van der Waals surface area contributed by atoms with Gasteiger partial charge in [-0.1, -0.05) is 48.5 Å². The zero-order valence-electron chi connectivity index (χ0n) is 19.0. The van der Waals surface area contributed by atoms with Gasteiger partial charge in [-0.25, -0.2) is 13.2 Å². The Morgan fingerprint density at radius 3 is 2.20 bits per heavy atom. The number of aliphatic hydroxyl groups is 1. The normalized spacial score (nSPS) is 15.9. The number of amides is 1. The van der Waals surface area contributed by atoms with Gasteiger partial charge in [0.25, 0.3) is 5.91 Å². The van der Waals surface area contributed by atoms with Gasteiger partial charge < -0.3 is 19.5 Å². The lowest BCUT2D eigenvalue weighted by atomic mass is 10.0. The summed E-state index contributed by atoms with van der Waals surface area (Å²) in [6, 6.07) is 19.5. The van der Waals surface area contributed by atoms with Gasteiger partial charge in [0.15, 0.2) is 5.76 Å². The number of rotatable bonds is 7. The molecule has 0 aliphatic carbocycles. The third kappa shape index (κ3) is 4.38. The maximum atomic E-state index is 13.6. The molecule has 1 heterocycles. The Hall–Kier alpha value is -4.11. The second-order valence-corrected chi connectivity index (χ2v) is 9.71. The van der Waals surface area contributed by atoms with E-state index in [1.807, 2.05) is 0 Å². The molecular formula is C26H23NO7S. The van der Waals surface area contributed by atoms with Crippen LogP contribution >= 0.6 is 0 Å². The minimum atomic E-state index is -4.25. The van der Waals surface area contributed by atoms with Gasteiger partial charge >= 0.3 is 5.97 Å². The molecule has 0 saturated heterocycles. The van der Waals surface area contributed by atoms with Crippen molar-refractivity contribution >= 4 is 21.7 Å². The number of aliphatic hydroxyl groups excluding tert-OH is 1. The van der Waals surface area contributed by atoms with Gasteiger partial charge in [0.1, 0.15) is 10.7 Å². The van der Waals surface area contributed by atoms with Gasteiger partial charge in [-0.15, -0.1) is 0 Å². The topological polar surface area (TPSA) is 110 Å². The first kappa shape index (κ1) is 24.0. The maximum absolute atomic E-state index is 13.6. The number of ether oxygens (including phenoxy) is 2. The van der Waals surface area contributed by atoms with Crippen molar-refractivity contribution in [3.05, 3.63) is 106 Å². The number of carbonyl (C=O) groups is 2. The number of esters is 1. The molecule has 0 fully saturated rings. The molecule has 0 aromatic heterocycles. The van der Waals surface area contributed by atoms with Crippen LogP contribution in [0.1, 0.15) is 27.5 Å². The second kappa shape index (κ2) is 9.63. The summed E-state index contributed by atoms with van der Waals surface area (Å²) in [4.78, 5) is 25.9. The quantitative estimate of drug-likeness (QED) is 0.499. The van der Waals surface area contributed by atoms with Crippen molar-refractivity contribution in [2.45, 2.75) is 17.5 Å². The van der Waals surface area contributed by atoms with E-state index in [2.05, 4.69) is 0 Å². The summed E-state index contributed by atoms with van der Waals surface area (Å²) in [6.07, 6.45) is 0. The van der Waals surface area contributed by atoms with E-state index in [0.29, 0.717) is 16.9 Å². The number of nitrogens with zero attached hydrogens (tertiary/aromatic N) is 1. The van der Waals surface area contributed by atoms with E-state index < -0.39 is 38.4 Å². The molecule has 0 radical (unpaired) electrons. The summed E-state index contributed by atoms with van der Waals surface area (Å²) in [5, 5.41) is 10.8. The Labute approximate surface area is 202 Å². The average molecular weight is 494 g/mol. The van der Waals surface area contributed by atoms with Crippen LogP contribution in [-0.2, 0) is 25.9 Å². The lowest BCUT2D eigenvalue weighted by Gasteiger charge is -2.27. The number of hydrogen-bond donors (Lipinski definition) is 1. The zero-order chi connectivity index (χ0) is 25.2. The van der Waals surface area contributed by atoms with E-state index in [4.69, 9.17) is 9.47 Å². The van der Waals surface area contributed by atoms with Gasteiger partial charge in [0, 0.05) is 5.56 Å². The Morgan fingerprint density at radius 2 is 1.57 bits per heavy atom. The highest BCUT2D eigenvalue weighted by Crippen LogP contribution is 2.43. The Bertz CT molecular complexity index is 1400. The molecule has 180 valence electrons. The standard InChI is InChI=1S/C26H23NO7S/c1-33-21-11-7-6-8-19(21)16-27-22(17-12-14-18(15-13-17)26(30)34-2)24(23(28)25(27)29)35(31,32)20-9-4-3-5-10-20/h3-15,22,28H,16H2,1-2H3/t22-/m1/s1. The maximum Gasteiger partial charge on any atom is 0.337 e. The zero-order valence-corrected chi connectivity index (χ0v) is 19.9. The molecule has 0 unspecified atom stereocenters. The number of benzene rings is 3. The SMILES string of the molecule is COC(=O)c1ccc([C@@H]2C(S(=O)(=O)c3ccccc3)=C(O)C(=O)N2Cc2ccccc2OC)cc1. The van der Waals surface area contributed by atoms with Crippen molar-refractivity contribution in [3.63, 3.8) is 0 Å². The highest BCUT2D eigenvalue weighted by atomic mass is 32.2. The smallest absolute Gasteiger partial charge is 0.337 e. The molecule has 3 aromatic carbocycles. The van der Waals surface area contributed by atoms with Crippen LogP contribution in [0.2, 0.25) is 0 Å². The molecule has 35 heavy (non-hydrogen) atoms. The van der Waals surface area contributed by atoms with Crippen molar-refractivity contribution in [2.24, 2.45) is 0 Å². The van der Waals surface area contributed by atoms with Crippen molar-refractivity contribution in [2.75, 3.05) is 14.2 Å². The minimum absolute atomic E-state index is 0.0237. The Morgan fingerprint density at radius 1 is 0.943 bits per heavy atom. The van der Waals surface area contributed by atoms with Gasteiger partial charge in [-0.05, 0) is 35.9 Å². The van der Waals surface area contributed by atoms with E-state index in [1.54, 1.807) is 54.6 Å². The molecular weight excluding hydrogens is 470 g/mol. The van der Waals surface area contributed by atoms with Crippen LogP contribution in [0.15, 0.2) is 94.4 Å². The van der Waals surface area contributed by atoms with Crippen LogP contribution in [0, 0.1) is 0 Å².